The molecule has 0 aliphatic rings. The van der Waals surface area contributed by atoms with Gasteiger partial charge < -0.3 is 4.74 Å². The number of rotatable bonds is 5. The molecule has 8 heteroatoms. The van der Waals surface area contributed by atoms with E-state index in [0.29, 0.717) is 5.75 Å². The number of halogens is 1. The molecule has 1 aromatic heterocycles. The average Bonchev–Trinajstić information content (AvgIpc) is 2.53. The lowest BCUT2D eigenvalue weighted by Crippen LogP contribution is -2.31. The molecule has 6 nitrogen and oxygen atoms in total. The second-order valence-electron chi connectivity index (χ2n) is 4.27. The highest BCUT2D eigenvalue weighted by Crippen LogP contribution is 2.14. The molecule has 1 N–H and O–H groups in total. The number of pyridine rings is 1. The van der Waals surface area contributed by atoms with Gasteiger partial charge >= 0.3 is 0 Å². The van der Waals surface area contributed by atoms with Crippen molar-refractivity contribution in [2.45, 2.75) is 5.03 Å². The topological polar surface area (TPSA) is 85.4 Å². The molecule has 0 atom stereocenters. The monoisotopic (exact) mass is 350 g/mol. The smallest absolute Gasteiger partial charge is 0.281 e. The van der Waals surface area contributed by atoms with Crippen molar-refractivity contribution in [2.24, 2.45) is 0 Å². The van der Waals surface area contributed by atoms with Gasteiger partial charge in [0.1, 0.15) is 12.4 Å². The van der Waals surface area contributed by atoms with Gasteiger partial charge in [0.15, 0.2) is 5.03 Å². The maximum absolute atomic E-state index is 12.1. The molecule has 0 unspecified atom stereocenters. The summed E-state index contributed by atoms with van der Waals surface area (Å²) < 4.78 is 31.2. The van der Waals surface area contributed by atoms with Crippen LogP contribution in [0.25, 0.3) is 0 Å². The largest absolute Gasteiger partial charge is 0.481 e. The predicted octanol–water partition coefficient (Wildman–Crippen LogP) is 1.87. The Morgan fingerprint density at radius 2 is 1.96 bits per heavy atom. The van der Waals surface area contributed by atoms with E-state index in [1.807, 2.05) is 4.72 Å². The third-order valence-corrected chi connectivity index (χ3v) is 4.11. The van der Waals surface area contributed by atoms with Gasteiger partial charge in [0.25, 0.3) is 15.9 Å². The van der Waals surface area contributed by atoms with Crippen LogP contribution in [0.4, 0.5) is 0 Å². The SMILES string of the molecule is C#CCOc1ccc(C(=O)NS(=O)(=O)c2ccc(Cl)cn2)cc1. The van der Waals surface area contributed by atoms with E-state index in [-0.39, 0.29) is 22.2 Å². The molecular weight excluding hydrogens is 340 g/mol. The molecule has 0 aliphatic heterocycles. The van der Waals surface area contributed by atoms with E-state index in [9.17, 15) is 13.2 Å². The number of benzene rings is 1. The zero-order valence-corrected chi connectivity index (χ0v) is 13.3. The quantitative estimate of drug-likeness (QED) is 0.832. The van der Waals surface area contributed by atoms with Crippen LogP contribution in [0.3, 0.4) is 0 Å². The van der Waals surface area contributed by atoms with E-state index in [2.05, 4.69) is 10.9 Å². The molecule has 0 aliphatic carbocycles. The van der Waals surface area contributed by atoms with E-state index in [1.54, 1.807) is 0 Å². The number of hydrogen-bond acceptors (Lipinski definition) is 5. The van der Waals surface area contributed by atoms with Gasteiger partial charge in [0, 0.05) is 11.8 Å². The Balaban J connectivity index is 2.12. The average molecular weight is 351 g/mol. The highest BCUT2D eigenvalue weighted by molar-refractivity contribution is 7.90. The molecule has 2 aromatic rings. The highest BCUT2D eigenvalue weighted by Gasteiger charge is 2.20. The van der Waals surface area contributed by atoms with E-state index in [4.69, 9.17) is 22.8 Å². The number of amides is 1. The van der Waals surface area contributed by atoms with Gasteiger partial charge in [-0.15, -0.1) is 6.42 Å². The molecule has 0 bridgehead atoms. The lowest BCUT2D eigenvalue weighted by molar-refractivity contribution is 0.0981. The summed E-state index contributed by atoms with van der Waals surface area (Å²) in [5.41, 5.74) is 0.149. The fourth-order valence-electron chi connectivity index (χ4n) is 1.58. The second kappa shape index (κ2) is 7.13. The van der Waals surface area contributed by atoms with Crippen LogP contribution in [-0.4, -0.2) is 25.9 Å². The van der Waals surface area contributed by atoms with Gasteiger partial charge in [-0.3, -0.25) is 4.79 Å². The first-order valence-electron chi connectivity index (χ1n) is 6.27. The molecule has 1 amide bonds. The number of aromatic nitrogens is 1. The lowest BCUT2D eigenvalue weighted by Gasteiger charge is -2.07. The number of carbonyl (C=O) groups excluding carboxylic acids is 1. The minimum absolute atomic E-state index is 0.0994. The number of nitrogens with one attached hydrogen (secondary N) is 1. The van der Waals surface area contributed by atoms with Crippen molar-refractivity contribution < 1.29 is 17.9 Å². The fraction of sp³-hybridized carbons (Fsp3) is 0.0667. The summed E-state index contributed by atoms with van der Waals surface area (Å²) in [7, 11) is -4.08. The molecule has 0 radical (unpaired) electrons. The number of terminal acetylenes is 1. The van der Waals surface area contributed by atoms with E-state index >= 15 is 0 Å². The zero-order chi connectivity index (χ0) is 16.9. The number of sulfonamides is 1. The Labute approximate surface area is 138 Å². The zero-order valence-electron chi connectivity index (χ0n) is 11.7. The lowest BCUT2D eigenvalue weighted by atomic mass is 10.2. The number of carbonyl (C=O) groups is 1. The number of ether oxygens (including phenoxy) is 1. The molecule has 0 fully saturated rings. The maximum atomic E-state index is 12.1. The summed E-state index contributed by atoms with van der Waals surface area (Å²) in [5.74, 6) is 2.00. The van der Waals surface area contributed by atoms with Crippen molar-refractivity contribution in [3.8, 4) is 18.1 Å². The van der Waals surface area contributed by atoms with Crippen molar-refractivity contribution in [3.05, 3.63) is 53.2 Å². The van der Waals surface area contributed by atoms with Crippen LogP contribution in [0.15, 0.2) is 47.6 Å². The van der Waals surface area contributed by atoms with Crippen LogP contribution >= 0.6 is 11.6 Å². The van der Waals surface area contributed by atoms with E-state index in [1.165, 1.54) is 42.6 Å². The normalized spacial score (nSPS) is 10.6. The minimum Gasteiger partial charge on any atom is -0.481 e. The van der Waals surface area contributed by atoms with Gasteiger partial charge in [-0.1, -0.05) is 17.5 Å². The van der Waals surface area contributed by atoms with Gasteiger partial charge in [-0.2, -0.15) is 8.42 Å². The fourth-order valence-corrected chi connectivity index (χ4v) is 2.60. The van der Waals surface area contributed by atoms with Crippen LogP contribution in [0.1, 0.15) is 10.4 Å². The van der Waals surface area contributed by atoms with Gasteiger partial charge in [0.05, 0.1) is 5.02 Å². The maximum Gasteiger partial charge on any atom is 0.281 e. The van der Waals surface area contributed by atoms with Crippen molar-refractivity contribution in [1.82, 2.24) is 9.71 Å². The standard InChI is InChI=1S/C15H11ClN2O4S/c1-2-9-22-13-6-3-11(4-7-13)15(19)18-23(20,21)14-8-5-12(16)10-17-14/h1,3-8,10H,9H2,(H,18,19). The molecule has 118 valence electrons. The molecule has 2 rings (SSSR count). The first-order chi connectivity index (χ1) is 10.9. The summed E-state index contributed by atoms with van der Waals surface area (Å²) >= 11 is 5.65. The summed E-state index contributed by atoms with van der Waals surface area (Å²) in [6, 6.07) is 8.44. The predicted molar refractivity (Wildman–Crippen MR) is 84.7 cm³/mol. The molecule has 0 saturated carbocycles. The molecule has 23 heavy (non-hydrogen) atoms. The summed E-state index contributed by atoms with van der Waals surface area (Å²) in [4.78, 5) is 15.7. The molecule has 0 saturated heterocycles. The molecule has 1 heterocycles. The van der Waals surface area contributed by atoms with Crippen LogP contribution < -0.4 is 9.46 Å². The van der Waals surface area contributed by atoms with Crippen LogP contribution in [-0.2, 0) is 10.0 Å². The third kappa shape index (κ3) is 4.45. The van der Waals surface area contributed by atoms with Crippen LogP contribution in [0.5, 0.6) is 5.75 Å². The Bertz CT molecular complexity index is 841. The Morgan fingerprint density at radius 3 is 2.52 bits per heavy atom. The first kappa shape index (κ1) is 16.8. The minimum atomic E-state index is -4.08. The van der Waals surface area contributed by atoms with Gasteiger partial charge in [0.2, 0.25) is 0 Å². The highest BCUT2D eigenvalue weighted by atomic mass is 35.5. The van der Waals surface area contributed by atoms with Crippen LogP contribution in [0, 0.1) is 12.3 Å². The number of hydrogen-bond donors (Lipinski definition) is 1. The van der Waals surface area contributed by atoms with Crippen molar-refractivity contribution >= 4 is 27.5 Å². The third-order valence-electron chi connectivity index (χ3n) is 2.64. The summed E-state index contributed by atoms with van der Waals surface area (Å²) in [6.07, 6.45) is 6.25. The summed E-state index contributed by atoms with van der Waals surface area (Å²) in [6.45, 7) is 0.0994. The van der Waals surface area contributed by atoms with E-state index < -0.39 is 15.9 Å². The Hall–Kier alpha value is -2.56. The molecule has 1 aromatic carbocycles. The Kier molecular flexibility index (Phi) is 5.21. The second-order valence-corrected chi connectivity index (χ2v) is 6.33. The number of nitrogens with zero attached hydrogens (tertiary/aromatic N) is 1. The van der Waals surface area contributed by atoms with Crippen molar-refractivity contribution in [2.75, 3.05) is 6.61 Å². The summed E-state index contributed by atoms with van der Waals surface area (Å²) in [5, 5.41) is -0.0120. The Morgan fingerprint density at radius 1 is 1.26 bits per heavy atom. The van der Waals surface area contributed by atoms with Gasteiger partial charge in [-0.25, -0.2) is 9.71 Å². The van der Waals surface area contributed by atoms with Gasteiger partial charge in [-0.05, 0) is 36.4 Å². The van der Waals surface area contributed by atoms with E-state index in [0.717, 1.165) is 0 Å². The van der Waals surface area contributed by atoms with Crippen molar-refractivity contribution in [3.63, 3.8) is 0 Å². The molecular formula is C15H11ClN2O4S. The van der Waals surface area contributed by atoms with Crippen LogP contribution in [0.2, 0.25) is 5.02 Å². The first-order valence-corrected chi connectivity index (χ1v) is 8.13. The van der Waals surface area contributed by atoms with Crippen molar-refractivity contribution in [1.29, 1.82) is 0 Å². The molecule has 0 spiro atoms.